The smallest absolute Gasteiger partial charge is 0.353 e. The normalized spacial score (nSPS) is 12.2. The van der Waals surface area contributed by atoms with Crippen LogP contribution >= 0.6 is 11.6 Å². The third kappa shape index (κ3) is 3.87. The molecule has 3 aromatic heterocycles. The molecular formula is C19H18ClN7O4. The lowest BCUT2D eigenvalue weighted by atomic mass is 10.0. The zero-order valence-electron chi connectivity index (χ0n) is 16.4. The molecule has 0 aliphatic carbocycles. The number of esters is 1. The number of nitrogens with one attached hydrogen (secondary N) is 2. The summed E-state index contributed by atoms with van der Waals surface area (Å²) in [6.45, 7) is 0.165. The summed E-state index contributed by atoms with van der Waals surface area (Å²) in [5, 5.41) is 11.2. The van der Waals surface area contributed by atoms with Gasteiger partial charge < -0.3 is 15.0 Å². The molecule has 0 aliphatic rings. The molecule has 0 saturated carbocycles. The van der Waals surface area contributed by atoms with E-state index in [1.54, 1.807) is 6.20 Å². The van der Waals surface area contributed by atoms with Crippen LogP contribution < -0.4 is 11.0 Å². The number of ether oxygens (including phenoxy) is 1. The number of amides is 1. The molecule has 12 heteroatoms. The topological polar surface area (TPSA) is 136 Å². The number of hydrogen-bond donors (Lipinski definition) is 2. The Balaban J connectivity index is 1.62. The van der Waals surface area contributed by atoms with Crippen LogP contribution in [0.1, 0.15) is 16.1 Å². The highest BCUT2D eigenvalue weighted by molar-refractivity contribution is 6.17. The molecule has 0 unspecified atom stereocenters. The van der Waals surface area contributed by atoms with E-state index < -0.39 is 23.6 Å². The molecule has 0 spiro atoms. The molecule has 11 nitrogen and oxygen atoms in total. The van der Waals surface area contributed by atoms with Crippen molar-refractivity contribution in [3.63, 3.8) is 0 Å². The fourth-order valence-electron chi connectivity index (χ4n) is 3.30. The summed E-state index contributed by atoms with van der Waals surface area (Å²) in [6, 6.07) is 6.64. The van der Waals surface area contributed by atoms with Gasteiger partial charge in [0.05, 0.1) is 13.7 Å². The quantitative estimate of drug-likeness (QED) is 0.314. The van der Waals surface area contributed by atoms with Crippen LogP contribution in [0.25, 0.3) is 16.6 Å². The van der Waals surface area contributed by atoms with E-state index in [9.17, 15) is 14.4 Å². The van der Waals surface area contributed by atoms with E-state index in [-0.39, 0.29) is 30.2 Å². The van der Waals surface area contributed by atoms with Gasteiger partial charge in [0.1, 0.15) is 12.4 Å². The Morgan fingerprint density at radius 1 is 1.32 bits per heavy atom. The molecule has 2 N–H and O–H groups in total. The lowest BCUT2D eigenvalue weighted by Crippen LogP contribution is -2.43. The van der Waals surface area contributed by atoms with Crippen LogP contribution in [-0.2, 0) is 22.5 Å². The van der Waals surface area contributed by atoms with E-state index in [1.807, 2.05) is 24.3 Å². The maximum absolute atomic E-state index is 12.9. The number of halogens is 1. The van der Waals surface area contributed by atoms with E-state index >= 15 is 0 Å². The van der Waals surface area contributed by atoms with E-state index in [4.69, 9.17) is 16.3 Å². The lowest BCUT2D eigenvalue weighted by Gasteiger charge is -2.15. The van der Waals surface area contributed by atoms with E-state index in [0.29, 0.717) is 0 Å². The summed E-state index contributed by atoms with van der Waals surface area (Å²) in [7, 11) is 1.24. The second-order valence-electron chi connectivity index (χ2n) is 6.68. The van der Waals surface area contributed by atoms with Gasteiger partial charge in [-0.3, -0.25) is 4.79 Å². The number of methoxy groups -OCH3 is 1. The van der Waals surface area contributed by atoms with Crippen molar-refractivity contribution in [2.75, 3.05) is 13.0 Å². The zero-order valence-corrected chi connectivity index (χ0v) is 17.2. The molecule has 1 aromatic carbocycles. The Kier molecular flexibility index (Phi) is 5.67. The van der Waals surface area contributed by atoms with Crippen LogP contribution in [-0.4, -0.2) is 60.3 Å². The maximum Gasteiger partial charge on any atom is 0.353 e. The molecule has 4 rings (SSSR count). The minimum absolute atomic E-state index is 0.0240. The number of imidazole rings is 1. The fraction of sp³-hybridized carbons (Fsp3) is 0.263. The first kappa shape index (κ1) is 20.5. The van der Waals surface area contributed by atoms with Gasteiger partial charge in [-0.15, -0.1) is 16.7 Å². The monoisotopic (exact) mass is 443 g/mol. The molecule has 0 fully saturated rings. The number of aromatic nitrogens is 6. The van der Waals surface area contributed by atoms with Crippen LogP contribution in [0.15, 0.2) is 41.6 Å². The number of para-hydroxylation sites is 1. The molecule has 0 aliphatic heterocycles. The van der Waals surface area contributed by atoms with Crippen molar-refractivity contribution in [3.05, 3.63) is 58.5 Å². The standard InChI is InChI=1S/C19H18ClN7O4/c1-31-18(29)14(8-11-9-21-13-5-3-2-4-12(11)13)23-17(28)15-16-24-25-27(7-6-20)19(30)26(16)10-22-15/h2-5,9-10,14,21H,6-8H2,1H3,(H,23,28)/t14-/m0/s1. The largest absolute Gasteiger partial charge is 0.467 e. The molecule has 160 valence electrons. The lowest BCUT2D eigenvalue weighted by molar-refractivity contribution is -0.142. The van der Waals surface area contributed by atoms with Crippen molar-refractivity contribution in [2.45, 2.75) is 19.0 Å². The highest BCUT2D eigenvalue weighted by Gasteiger charge is 2.26. The second-order valence-corrected chi connectivity index (χ2v) is 7.06. The Morgan fingerprint density at radius 2 is 2.13 bits per heavy atom. The SMILES string of the molecule is COC(=O)[C@H](Cc1c[nH]c2ccccc12)NC(=O)c1ncn2c(=O)n(CCCl)nnc12. The van der Waals surface area contributed by atoms with E-state index in [0.717, 1.165) is 25.5 Å². The van der Waals surface area contributed by atoms with Crippen LogP contribution in [0.4, 0.5) is 0 Å². The van der Waals surface area contributed by atoms with Gasteiger partial charge in [-0.25, -0.2) is 19.0 Å². The number of aryl methyl sites for hydroxylation is 1. The Bertz CT molecular complexity index is 1330. The number of fused-ring (bicyclic) bond motifs is 2. The van der Waals surface area contributed by atoms with Crippen LogP contribution in [0.2, 0.25) is 0 Å². The maximum atomic E-state index is 12.9. The van der Waals surface area contributed by atoms with E-state index in [2.05, 4.69) is 25.6 Å². The third-order valence-corrected chi connectivity index (χ3v) is 4.99. The summed E-state index contributed by atoms with van der Waals surface area (Å²) in [4.78, 5) is 44.7. The van der Waals surface area contributed by atoms with Gasteiger partial charge in [0.2, 0.25) is 0 Å². The molecule has 1 atom stereocenters. The van der Waals surface area contributed by atoms with Crippen molar-refractivity contribution in [3.8, 4) is 0 Å². The molecule has 0 bridgehead atoms. The van der Waals surface area contributed by atoms with Crippen LogP contribution in [0, 0.1) is 0 Å². The first-order valence-electron chi connectivity index (χ1n) is 9.34. The van der Waals surface area contributed by atoms with Gasteiger partial charge in [0.25, 0.3) is 5.91 Å². The van der Waals surface area contributed by atoms with Crippen molar-refractivity contribution < 1.29 is 14.3 Å². The minimum Gasteiger partial charge on any atom is -0.467 e. The van der Waals surface area contributed by atoms with Crippen molar-refractivity contribution >= 4 is 40.0 Å². The van der Waals surface area contributed by atoms with Crippen molar-refractivity contribution in [2.24, 2.45) is 0 Å². The number of carbonyl (C=O) groups excluding carboxylic acids is 2. The van der Waals surface area contributed by atoms with Crippen molar-refractivity contribution in [1.29, 1.82) is 0 Å². The summed E-state index contributed by atoms with van der Waals surface area (Å²) in [5.41, 5.74) is 1.07. The van der Waals surface area contributed by atoms with Crippen molar-refractivity contribution in [1.82, 2.24) is 34.7 Å². The fourth-order valence-corrected chi connectivity index (χ4v) is 3.46. The summed E-state index contributed by atoms with van der Waals surface area (Å²) >= 11 is 5.65. The second kappa shape index (κ2) is 8.56. The Hall–Kier alpha value is -3.73. The van der Waals surface area contributed by atoms with Gasteiger partial charge >= 0.3 is 11.7 Å². The molecule has 1 amide bonds. The molecule has 3 heterocycles. The van der Waals surface area contributed by atoms with Gasteiger partial charge in [0, 0.05) is 29.4 Å². The number of nitrogens with zero attached hydrogens (tertiary/aromatic N) is 5. The summed E-state index contributed by atoms with van der Waals surface area (Å²) in [5.74, 6) is -1.12. The predicted octanol–water partition coefficient (Wildman–Crippen LogP) is 0.520. The summed E-state index contributed by atoms with van der Waals surface area (Å²) in [6.07, 6.45) is 3.16. The Morgan fingerprint density at radius 3 is 2.90 bits per heavy atom. The molecule has 31 heavy (non-hydrogen) atoms. The highest BCUT2D eigenvalue weighted by Crippen LogP contribution is 2.19. The van der Waals surface area contributed by atoms with E-state index in [1.165, 1.54) is 13.4 Å². The average molecular weight is 444 g/mol. The van der Waals surface area contributed by atoms with Gasteiger partial charge in [-0.1, -0.05) is 23.4 Å². The van der Waals surface area contributed by atoms with Gasteiger partial charge in [-0.2, -0.15) is 4.68 Å². The zero-order chi connectivity index (χ0) is 22.0. The Labute approximate surface area is 180 Å². The number of alkyl halides is 1. The highest BCUT2D eigenvalue weighted by atomic mass is 35.5. The average Bonchev–Trinajstić information content (AvgIpc) is 3.40. The molecular weight excluding hydrogens is 426 g/mol. The van der Waals surface area contributed by atoms with Crippen LogP contribution in [0.5, 0.6) is 0 Å². The number of hydrogen-bond acceptors (Lipinski definition) is 7. The van der Waals surface area contributed by atoms with Crippen LogP contribution in [0.3, 0.4) is 0 Å². The number of aromatic amines is 1. The third-order valence-electron chi connectivity index (χ3n) is 4.82. The number of benzene rings is 1. The molecule has 0 saturated heterocycles. The molecule has 0 radical (unpaired) electrons. The number of carbonyl (C=O) groups is 2. The van der Waals surface area contributed by atoms with Gasteiger partial charge in [0.15, 0.2) is 11.3 Å². The number of H-pyrrole nitrogens is 1. The minimum atomic E-state index is -0.974. The summed E-state index contributed by atoms with van der Waals surface area (Å²) < 4.78 is 7.02. The van der Waals surface area contributed by atoms with Gasteiger partial charge in [-0.05, 0) is 11.6 Å². The number of rotatable bonds is 7. The first-order valence-corrected chi connectivity index (χ1v) is 9.87. The first-order chi connectivity index (χ1) is 15.0. The predicted molar refractivity (Wildman–Crippen MR) is 111 cm³/mol. The molecule has 4 aromatic rings.